The second-order valence-electron chi connectivity index (χ2n) is 7.20. The molecule has 2 aromatic rings. The van der Waals surface area contributed by atoms with Crippen molar-refractivity contribution in [1.82, 2.24) is 10.7 Å². The summed E-state index contributed by atoms with van der Waals surface area (Å²) < 4.78 is 0. The van der Waals surface area contributed by atoms with Crippen LogP contribution in [0.15, 0.2) is 59.7 Å². The summed E-state index contributed by atoms with van der Waals surface area (Å²) in [6.45, 7) is 10.1. The molecule has 160 valence electrons. The first kappa shape index (κ1) is 23.1. The Morgan fingerprint density at radius 1 is 1.00 bits per heavy atom. The smallest absolute Gasteiger partial charge is 0.262 e. The molecule has 0 aromatic heterocycles. The van der Waals surface area contributed by atoms with Gasteiger partial charge in [-0.25, -0.2) is 5.43 Å². The lowest BCUT2D eigenvalue weighted by molar-refractivity contribution is -0.124. The molecule has 2 rings (SSSR count). The van der Waals surface area contributed by atoms with Crippen molar-refractivity contribution in [3.63, 3.8) is 0 Å². The molecule has 2 aromatic carbocycles. The van der Waals surface area contributed by atoms with Gasteiger partial charge in [-0.05, 0) is 49.6 Å². The maximum atomic E-state index is 12.7. The van der Waals surface area contributed by atoms with E-state index in [0.717, 1.165) is 30.8 Å². The predicted molar refractivity (Wildman–Crippen MR) is 123 cm³/mol. The van der Waals surface area contributed by atoms with E-state index < -0.39 is 6.04 Å². The number of nitrogens with zero attached hydrogens (tertiary/aromatic N) is 2. The Morgan fingerprint density at radius 2 is 1.63 bits per heavy atom. The summed E-state index contributed by atoms with van der Waals surface area (Å²) in [6, 6.07) is 16.2. The standard InChI is InChI=1S/C24H32N4O2/c1-5-18(4)22(26-23(29)20-11-9-8-10-12-20)24(30)27-25-17-19-13-15-21(16-14-19)28(6-2)7-3/h8-18,22H,5-7H2,1-4H3,(H,26,29)(H,27,30)/t18?,22-/m0/s1. The molecule has 0 fully saturated rings. The molecule has 1 unspecified atom stereocenters. The first-order chi connectivity index (χ1) is 14.5. The summed E-state index contributed by atoms with van der Waals surface area (Å²) in [7, 11) is 0. The molecular weight excluding hydrogens is 376 g/mol. The zero-order valence-electron chi connectivity index (χ0n) is 18.3. The fourth-order valence-electron chi connectivity index (χ4n) is 3.12. The van der Waals surface area contributed by atoms with Crippen molar-refractivity contribution in [2.24, 2.45) is 11.0 Å². The van der Waals surface area contributed by atoms with E-state index in [-0.39, 0.29) is 17.7 Å². The fraction of sp³-hybridized carbons (Fsp3) is 0.375. The second kappa shape index (κ2) is 11.8. The van der Waals surface area contributed by atoms with E-state index in [9.17, 15) is 9.59 Å². The van der Waals surface area contributed by atoms with Crippen molar-refractivity contribution in [2.75, 3.05) is 18.0 Å². The monoisotopic (exact) mass is 408 g/mol. The van der Waals surface area contributed by atoms with Gasteiger partial charge in [-0.1, -0.05) is 50.6 Å². The first-order valence-corrected chi connectivity index (χ1v) is 10.5. The number of benzene rings is 2. The highest BCUT2D eigenvalue weighted by molar-refractivity contribution is 5.97. The van der Waals surface area contributed by atoms with Crippen LogP contribution < -0.4 is 15.6 Å². The zero-order chi connectivity index (χ0) is 21.9. The van der Waals surface area contributed by atoms with Crippen LogP contribution in [0.1, 0.15) is 50.0 Å². The Hall–Kier alpha value is -3.15. The minimum Gasteiger partial charge on any atom is -0.372 e. The molecule has 0 saturated heterocycles. The molecule has 2 atom stereocenters. The van der Waals surface area contributed by atoms with Crippen molar-refractivity contribution >= 4 is 23.7 Å². The van der Waals surface area contributed by atoms with Gasteiger partial charge in [-0.15, -0.1) is 0 Å². The number of rotatable bonds is 10. The van der Waals surface area contributed by atoms with Crippen LogP contribution >= 0.6 is 0 Å². The molecule has 0 saturated carbocycles. The zero-order valence-corrected chi connectivity index (χ0v) is 18.3. The molecule has 30 heavy (non-hydrogen) atoms. The lowest BCUT2D eigenvalue weighted by Crippen LogP contribution is -2.49. The Morgan fingerprint density at radius 3 is 2.20 bits per heavy atom. The van der Waals surface area contributed by atoms with Gasteiger partial charge in [-0.2, -0.15) is 5.10 Å². The van der Waals surface area contributed by atoms with Crippen molar-refractivity contribution in [2.45, 2.75) is 40.2 Å². The minimum absolute atomic E-state index is 0.0267. The van der Waals surface area contributed by atoms with Crippen LogP contribution in [0, 0.1) is 5.92 Å². The Balaban J connectivity index is 2.00. The van der Waals surface area contributed by atoms with Gasteiger partial charge in [0.25, 0.3) is 11.8 Å². The minimum atomic E-state index is -0.662. The lowest BCUT2D eigenvalue weighted by atomic mass is 9.98. The van der Waals surface area contributed by atoms with E-state index in [1.807, 2.05) is 44.2 Å². The third-order valence-electron chi connectivity index (χ3n) is 5.23. The van der Waals surface area contributed by atoms with Crippen LogP contribution in [0.2, 0.25) is 0 Å². The van der Waals surface area contributed by atoms with Crippen LogP contribution in [-0.2, 0) is 4.79 Å². The first-order valence-electron chi connectivity index (χ1n) is 10.5. The van der Waals surface area contributed by atoms with E-state index in [1.165, 1.54) is 0 Å². The number of carbonyl (C=O) groups excluding carboxylic acids is 2. The highest BCUT2D eigenvalue weighted by Crippen LogP contribution is 2.14. The summed E-state index contributed by atoms with van der Waals surface area (Å²) >= 11 is 0. The fourth-order valence-corrected chi connectivity index (χ4v) is 3.12. The topological polar surface area (TPSA) is 73.8 Å². The van der Waals surface area contributed by atoms with Gasteiger partial charge in [0.1, 0.15) is 6.04 Å². The number of hydrogen-bond acceptors (Lipinski definition) is 4. The largest absolute Gasteiger partial charge is 0.372 e. The molecule has 0 aliphatic rings. The van der Waals surface area contributed by atoms with Gasteiger partial charge in [0.15, 0.2) is 0 Å². The summed E-state index contributed by atoms with van der Waals surface area (Å²) in [6.07, 6.45) is 2.36. The molecule has 2 amide bonds. The number of hydrogen-bond donors (Lipinski definition) is 2. The van der Waals surface area contributed by atoms with Gasteiger partial charge in [0.2, 0.25) is 0 Å². The van der Waals surface area contributed by atoms with E-state index in [1.54, 1.807) is 30.5 Å². The van der Waals surface area contributed by atoms with E-state index >= 15 is 0 Å². The van der Waals surface area contributed by atoms with Crippen LogP contribution in [0.3, 0.4) is 0 Å². The molecule has 2 N–H and O–H groups in total. The van der Waals surface area contributed by atoms with Crippen molar-refractivity contribution in [1.29, 1.82) is 0 Å². The van der Waals surface area contributed by atoms with Crippen molar-refractivity contribution in [3.05, 3.63) is 65.7 Å². The van der Waals surface area contributed by atoms with Gasteiger partial charge in [0, 0.05) is 24.3 Å². The molecule has 6 nitrogen and oxygen atoms in total. The molecule has 0 spiro atoms. The molecular formula is C24H32N4O2. The highest BCUT2D eigenvalue weighted by Gasteiger charge is 2.26. The molecule has 0 bridgehead atoms. The molecule has 0 aliphatic carbocycles. The summed E-state index contributed by atoms with van der Waals surface area (Å²) in [4.78, 5) is 27.4. The van der Waals surface area contributed by atoms with Crippen LogP contribution in [0.25, 0.3) is 0 Å². The number of nitrogens with one attached hydrogen (secondary N) is 2. The SMILES string of the molecule is CCC(C)[C@H](NC(=O)c1ccccc1)C(=O)NN=Cc1ccc(N(CC)CC)cc1. The Bertz CT molecular complexity index is 830. The van der Waals surface area contributed by atoms with Crippen molar-refractivity contribution in [3.8, 4) is 0 Å². The normalized spacial score (nSPS) is 12.9. The molecule has 6 heteroatoms. The molecule has 0 radical (unpaired) electrons. The number of hydrazone groups is 1. The third-order valence-corrected chi connectivity index (χ3v) is 5.23. The van der Waals surface area contributed by atoms with Gasteiger partial charge in [0.05, 0.1) is 6.21 Å². The van der Waals surface area contributed by atoms with Gasteiger partial charge >= 0.3 is 0 Å². The Kier molecular flexibility index (Phi) is 9.06. The second-order valence-corrected chi connectivity index (χ2v) is 7.20. The van der Waals surface area contributed by atoms with E-state index in [4.69, 9.17) is 0 Å². The maximum Gasteiger partial charge on any atom is 0.262 e. The van der Waals surface area contributed by atoms with Gasteiger partial charge < -0.3 is 10.2 Å². The van der Waals surface area contributed by atoms with Crippen molar-refractivity contribution < 1.29 is 9.59 Å². The Labute approximate surface area is 179 Å². The average Bonchev–Trinajstić information content (AvgIpc) is 2.79. The average molecular weight is 409 g/mol. The maximum absolute atomic E-state index is 12.7. The van der Waals surface area contributed by atoms with Crippen LogP contribution in [0.4, 0.5) is 5.69 Å². The van der Waals surface area contributed by atoms with Crippen LogP contribution in [0.5, 0.6) is 0 Å². The molecule has 0 aliphatic heterocycles. The van der Waals surface area contributed by atoms with E-state index in [0.29, 0.717) is 5.56 Å². The third kappa shape index (κ3) is 6.44. The quantitative estimate of drug-likeness (QED) is 0.464. The summed E-state index contributed by atoms with van der Waals surface area (Å²) in [5, 5.41) is 6.92. The number of anilines is 1. The van der Waals surface area contributed by atoms with E-state index in [2.05, 4.69) is 34.6 Å². The number of amides is 2. The summed E-state index contributed by atoms with van der Waals surface area (Å²) in [5.74, 6) is -0.627. The number of carbonyl (C=O) groups is 2. The summed E-state index contributed by atoms with van der Waals surface area (Å²) in [5.41, 5.74) is 5.13. The van der Waals surface area contributed by atoms with Gasteiger partial charge in [-0.3, -0.25) is 9.59 Å². The molecule has 0 heterocycles. The lowest BCUT2D eigenvalue weighted by Gasteiger charge is -2.22. The highest BCUT2D eigenvalue weighted by atomic mass is 16.2. The van der Waals surface area contributed by atoms with Crippen LogP contribution in [-0.4, -0.2) is 37.2 Å². The predicted octanol–water partition coefficient (Wildman–Crippen LogP) is 3.83.